The van der Waals surface area contributed by atoms with E-state index in [0.717, 1.165) is 40.3 Å². The molecule has 0 unspecified atom stereocenters. The van der Waals surface area contributed by atoms with Crippen LogP contribution in [0.4, 0.5) is 28.3 Å². The van der Waals surface area contributed by atoms with Crippen molar-refractivity contribution in [2.45, 2.75) is 65.7 Å². The number of methoxy groups -OCH3 is 1. The zero-order valence-electron chi connectivity index (χ0n) is 38.4. The summed E-state index contributed by atoms with van der Waals surface area (Å²) in [6.07, 6.45) is -0.726. The van der Waals surface area contributed by atoms with Crippen LogP contribution in [0.1, 0.15) is 58.5 Å². The molecular weight excluding hydrogens is 928 g/mol. The molecule has 70 heavy (non-hydrogen) atoms. The predicted octanol–water partition coefficient (Wildman–Crippen LogP) is 12.2. The molecule has 5 aromatic carbocycles. The van der Waals surface area contributed by atoms with Crippen molar-refractivity contribution in [2.75, 3.05) is 18.6 Å². The molecule has 9 rings (SSSR count). The van der Waals surface area contributed by atoms with E-state index in [4.69, 9.17) is 28.1 Å². The van der Waals surface area contributed by atoms with E-state index >= 15 is 4.39 Å². The molecule has 0 spiro atoms. The van der Waals surface area contributed by atoms with Gasteiger partial charge in [-0.25, -0.2) is 33.0 Å². The Hall–Kier alpha value is -7.33. The number of hydrogen-bond donors (Lipinski definition) is 0. The van der Waals surface area contributed by atoms with Gasteiger partial charge in [-0.2, -0.15) is 18.3 Å². The van der Waals surface area contributed by atoms with Gasteiger partial charge in [-0.05, 0) is 64.9 Å². The van der Waals surface area contributed by atoms with Crippen molar-refractivity contribution < 1.29 is 50.0 Å². The van der Waals surface area contributed by atoms with Crippen LogP contribution in [0.5, 0.6) is 11.5 Å². The number of fused-ring (bicyclic) bond motifs is 2. The number of halogens is 4. The fourth-order valence-corrected chi connectivity index (χ4v) is 9.62. The Kier molecular flexibility index (Phi) is 13.9. The Morgan fingerprint density at radius 1 is 0.786 bits per heavy atom. The maximum absolute atomic E-state index is 16.6. The summed E-state index contributed by atoms with van der Waals surface area (Å²) in [7, 11) is -2.84. The van der Waals surface area contributed by atoms with Crippen LogP contribution < -0.4 is 14.2 Å². The zero-order chi connectivity index (χ0) is 49.0. The number of phosphoric acid groups is 1. The van der Waals surface area contributed by atoms with Gasteiger partial charge in [-0.3, -0.25) is 9.05 Å². The average Bonchev–Trinajstić information content (AvgIpc) is 3.99. The van der Waals surface area contributed by atoms with E-state index in [-0.39, 0.29) is 49.3 Å². The highest BCUT2D eigenvalue weighted by Gasteiger charge is 2.34. The second-order valence-corrected chi connectivity index (χ2v) is 18.0. The number of hydrogen-bond acceptors (Lipinski definition) is 11. The minimum absolute atomic E-state index is 0.0243. The number of aryl methyl sites for hydroxylation is 2. The van der Waals surface area contributed by atoms with Crippen LogP contribution in [0.3, 0.4) is 0 Å². The fourth-order valence-electron chi connectivity index (χ4n) is 8.44. The molecule has 0 saturated carbocycles. The van der Waals surface area contributed by atoms with Crippen molar-refractivity contribution in [3.8, 4) is 28.4 Å². The Morgan fingerprint density at radius 2 is 1.40 bits per heavy atom. The van der Waals surface area contributed by atoms with Crippen molar-refractivity contribution in [3.05, 3.63) is 184 Å². The van der Waals surface area contributed by atoms with Gasteiger partial charge in [0, 0.05) is 54.6 Å². The van der Waals surface area contributed by atoms with E-state index < -0.39 is 31.5 Å². The topological polar surface area (TPSA) is 132 Å². The lowest BCUT2D eigenvalue weighted by atomic mass is 9.97. The zero-order valence-corrected chi connectivity index (χ0v) is 39.3. The van der Waals surface area contributed by atoms with Crippen LogP contribution in [0.15, 0.2) is 134 Å². The van der Waals surface area contributed by atoms with Crippen molar-refractivity contribution in [2.24, 2.45) is 0 Å². The number of carbonyl (C=O) groups is 1. The summed E-state index contributed by atoms with van der Waals surface area (Å²) in [4.78, 5) is 23.9. The summed E-state index contributed by atoms with van der Waals surface area (Å²) in [5.74, 6) is -0.666. The Balaban J connectivity index is 1.01. The largest absolute Gasteiger partial charge is 0.530 e. The second kappa shape index (κ2) is 20.3. The lowest BCUT2D eigenvalue weighted by molar-refractivity contribution is -0.138. The van der Waals surface area contributed by atoms with E-state index in [1.807, 2.05) is 97.4 Å². The lowest BCUT2D eigenvalue weighted by Gasteiger charge is -2.27. The predicted molar refractivity (Wildman–Crippen MR) is 254 cm³/mol. The van der Waals surface area contributed by atoms with Gasteiger partial charge >= 0.3 is 20.1 Å². The molecule has 3 aromatic heterocycles. The smallest absolute Gasteiger partial charge is 0.492 e. The third-order valence-electron chi connectivity index (χ3n) is 12.0. The maximum Gasteiger partial charge on any atom is 0.530 e. The van der Waals surface area contributed by atoms with Crippen LogP contribution in [-0.2, 0) is 70.2 Å². The van der Waals surface area contributed by atoms with Crippen LogP contribution in [-0.4, -0.2) is 44.1 Å². The first-order chi connectivity index (χ1) is 33.9. The first-order valence-corrected chi connectivity index (χ1v) is 24.0. The highest BCUT2D eigenvalue weighted by atomic mass is 31.2. The van der Waals surface area contributed by atoms with Crippen LogP contribution in [0.25, 0.3) is 27.8 Å². The number of benzene rings is 5. The van der Waals surface area contributed by atoms with Gasteiger partial charge in [0.1, 0.15) is 17.9 Å². The minimum Gasteiger partial charge on any atom is -0.492 e. The number of nitrogens with zero attached hydrogens (tertiary/aromatic N) is 6. The van der Waals surface area contributed by atoms with E-state index in [0.29, 0.717) is 59.3 Å². The summed E-state index contributed by atoms with van der Waals surface area (Å²) < 4.78 is 103. The molecule has 0 N–H and O–H groups in total. The summed E-state index contributed by atoms with van der Waals surface area (Å²) >= 11 is 0. The van der Waals surface area contributed by atoms with Gasteiger partial charge in [0.2, 0.25) is 5.95 Å². The molecule has 0 fully saturated rings. The summed E-state index contributed by atoms with van der Waals surface area (Å²) in [6, 6.07) is 33.8. The number of phosphoric ester groups is 1. The first-order valence-electron chi connectivity index (χ1n) is 22.5. The number of ether oxygens (including phenoxy) is 2. The number of carbonyl (C=O) groups excluding carboxylic acids is 1. The number of aromatic nitrogens is 5. The molecule has 0 amide bonds. The Labute approximate surface area is 400 Å². The average molecular weight is 975 g/mol. The molecule has 13 nitrogen and oxygen atoms in total. The highest BCUT2D eigenvalue weighted by molar-refractivity contribution is 7.48. The first kappa shape index (κ1) is 47.7. The van der Waals surface area contributed by atoms with E-state index in [1.165, 1.54) is 23.9 Å². The van der Waals surface area contributed by atoms with Crippen LogP contribution >= 0.6 is 7.82 Å². The van der Waals surface area contributed by atoms with Gasteiger partial charge in [0.05, 0.1) is 43.0 Å². The molecule has 0 atom stereocenters. The molecule has 0 bridgehead atoms. The van der Waals surface area contributed by atoms with Gasteiger partial charge in [0.25, 0.3) is 0 Å². The third kappa shape index (κ3) is 10.0. The van der Waals surface area contributed by atoms with E-state index in [1.54, 1.807) is 35.2 Å². The highest BCUT2D eigenvalue weighted by Crippen LogP contribution is 2.51. The van der Waals surface area contributed by atoms with Gasteiger partial charge in [0.15, 0.2) is 11.6 Å². The molecule has 1 aliphatic rings. The number of rotatable bonds is 16. The van der Waals surface area contributed by atoms with Crippen LogP contribution in [0.2, 0.25) is 0 Å². The van der Waals surface area contributed by atoms with Gasteiger partial charge in [-0.15, -0.1) is 0 Å². The minimum atomic E-state index is -4.61. The molecule has 0 radical (unpaired) electrons. The molecule has 0 aliphatic carbocycles. The lowest BCUT2D eigenvalue weighted by Crippen LogP contribution is -2.31. The Bertz CT molecular complexity index is 3120. The molecule has 360 valence electrons. The van der Waals surface area contributed by atoms with Crippen molar-refractivity contribution in [3.63, 3.8) is 0 Å². The van der Waals surface area contributed by atoms with E-state index in [2.05, 4.69) is 9.97 Å². The Morgan fingerprint density at radius 3 is 1.99 bits per heavy atom. The quantitative estimate of drug-likeness (QED) is 0.0677. The summed E-state index contributed by atoms with van der Waals surface area (Å²) in [5.41, 5.74) is 6.39. The maximum atomic E-state index is 16.6. The monoisotopic (exact) mass is 974 g/mol. The summed E-state index contributed by atoms with van der Waals surface area (Å²) in [6.45, 7) is 4.33. The molecule has 4 heterocycles. The third-order valence-corrected chi connectivity index (χ3v) is 13.3. The normalized spacial score (nSPS) is 12.8. The number of para-hydroxylation sites is 1. The molecule has 8 aromatic rings. The number of alkyl halides is 3. The second-order valence-electron chi connectivity index (χ2n) is 16.4. The molecular formula is C52H47F4N6O7P. The van der Waals surface area contributed by atoms with Gasteiger partial charge in [-0.1, -0.05) is 105 Å². The van der Waals surface area contributed by atoms with Crippen molar-refractivity contribution in [1.82, 2.24) is 24.3 Å². The van der Waals surface area contributed by atoms with Crippen molar-refractivity contribution >= 4 is 30.8 Å². The number of anilines is 1. The van der Waals surface area contributed by atoms with Crippen LogP contribution in [0, 0.1) is 5.82 Å². The van der Waals surface area contributed by atoms with Crippen molar-refractivity contribution in [1.29, 1.82) is 0 Å². The molecule has 0 saturated heterocycles. The SMILES string of the molecule is CCc1cccc(CC)c1-n1nc2c(c1-c1cc(F)c(OC)c3c1ccn3C(=O)OCc1ccc(OP(=O)(OCc3ccccc3)OCc3ccccc3)cc1)CN(c1ncc(C(F)(F)F)cn1)CC2. The standard InChI is InChI=1S/C52H47F4N6O7P/c1-4-37-17-12-18-38(5-2)46(37)62-47(43-30-60(25-24-45(43)59-62)50-57-28-39(29-58-50)52(54,55)56)42-27-44(53)49(65-3)48-41(42)23-26-61(48)51(63)66-31-36-19-21-40(22-20-36)69-70(64,67-32-34-13-8-6-9-14-34)68-33-35-15-10-7-11-16-35/h6-23,26-29H,4-5,24-25,30-33H2,1-3H3. The fraction of sp³-hybridized carbons (Fsp3) is 0.231. The van der Waals surface area contributed by atoms with E-state index in [9.17, 15) is 22.5 Å². The molecule has 1 aliphatic heterocycles. The summed E-state index contributed by atoms with van der Waals surface area (Å²) in [5, 5.41) is 5.60. The molecule has 18 heteroatoms. The van der Waals surface area contributed by atoms with Gasteiger partial charge < -0.3 is 18.9 Å².